The average molecular weight is 252 g/mol. The summed E-state index contributed by atoms with van der Waals surface area (Å²) in [5.74, 6) is -0.180. The van der Waals surface area contributed by atoms with Gasteiger partial charge < -0.3 is 5.73 Å². The van der Waals surface area contributed by atoms with Gasteiger partial charge in [-0.1, -0.05) is 32.9 Å². The number of nitrogens with zero attached hydrogens (tertiary/aromatic N) is 1. The first-order valence-electron chi connectivity index (χ1n) is 6.46. The molecule has 1 aromatic carbocycles. The van der Waals surface area contributed by atoms with Crippen LogP contribution in [0.3, 0.4) is 0 Å². The van der Waals surface area contributed by atoms with Crippen LogP contribution in [0.5, 0.6) is 0 Å². The number of nitrogens with two attached hydrogens (primary N) is 1. The van der Waals surface area contributed by atoms with Crippen molar-refractivity contribution < 1.29 is 4.39 Å². The van der Waals surface area contributed by atoms with E-state index in [2.05, 4.69) is 25.7 Å². The molecule has 0 aromatic heterocycles. The highest BCUT2D eigenvalue weighted by Crippen LogP contribution is 2.23. The summed E-state index contributed by atoms with van der Waals surface area (Å²) in [7, 11) is 2.05. The molecule has 0 saturated heterocycles. The minimum atomic E-state index is -0.180. The molecule has 0 amide bonds. The van der Waals surface area contributed by atoms with Gasteiger partial charge in [-0.05, 0) is 36.6 Å². The molecule has 0 heterocycles. The van der Waals surface area contributed by atoms with Gasteiger partial charge in [-0.2, -0.15) is 0 Å². The third-order valence-electron chi connectivity index (χ3n) is 3.06. The minimum Gasteiger partial charge on any atom is -0.329 e. The topological polar surface area (TPSA) is 29.3 Å². The second-order valence-corrected chi connectivity index (χ2v) is 6.20. The van der Waals surface area contributed by atoms with Crippen molar-refractivity contribution in [2.75, 3.05) is 13.6 Å². The Labute approximate surface area is 110 Å². The lowest BCUT2D eigenvalue weighted by Gasteiger charge is -2.32. The van der Waals surface area contributed by atoms with Crippen LogP contribution >= 0.6 is 0 Å². The van der Waals surface area contributed by atoms with Gasteiger partial charge in [0.05, 0.1) is 0 Å². The van der Waals surface area contributed by atoms with Crippen LogP contribution in [0.4, 0.5) is 4.39 Å². The summed E-state index contributed by atoms with van der Waals surface area (Å²) in [6.07, 6.45) is 1.04. The van der Waals surface area contributed by atoms with Crippen molar-refractivity contribution in [1.82, 2.24) is 4.90 Å². The summed E-state index contributed by atoms with van der Waals surface area (Å²) < 4.78 is 13.1. The highest BCUT2D eigenvalue weighted by atomic mass is 19.1. The Balaban J connectivity index is 2.65. The zero-order valence-corrected chi connectivity index (χ0v) is 11.9. The van der Waals surface area contributed by atoms with Crippen molar-refractivity contribution in [2.24, 2.45) is 11.1 Å². The van der Waals surface area contributed by atoms with Gasteiger partial charge in [-0.3, -0.25) is 4.90 Å². The molecule has 1 atom stereocenters. The van der Waals surface area contributed by atoms with Crippen LogP contribution in [0.25, 0.3) is 0 Å². The molecule has 3 heteroatoms. The normalized spacial score (nSPS) is 13.9. The van der Waals surface area contributed by atoms with Crippen molar-refractivity contribution in [3.05, 3.63) is 35.6 Å². The van der Waals surface area contributed by atoms with E-state index in [1.807, 2.05) is 13.1 Å². The van der Waals surface area contributed by atoms with E-state index in [9.17, 15) is 4.39 Å². The van der Waals surface area contributed by atoms with Crippen LogP contribution < -0.4 is 5.73 Å². The monoisotopic (exact) mass is 252 g/mol. The number of likely N-dealkylation sites (N-methyl/N-ethyl adjacent to an activating group) is 1. The zero-order valence-electron chi connectivity index (χ0n) is 11.9. The SMILES string of the molecule is CN(Cc1cccc(F)c1)C(CN)CC(C)(C)C. The first kappa shape index (κ1) is 15.1. The summed E-state index contributed by atoms with van der Waals surface area (Å²) in [4.78, 5) is 2.21. The van der Waals surface area contributed by atoms with Crippen LogP contribution in [0.2, 0.25) is 0 Å². The lowest BCUT2D eigenvalue weighted by molar-refractivity contribution is 0.177. The summed E-state index contributed by atoms with van der Waals surface area (Å²) >= 11 is 0. The first-order chi connectivity index (χ1) is 8.31. The lowest BCUT2D eigenvalue weighted by atomic mass is 9.87. The molecule has 0 spiro atoms. The van der Waals surface area contributed by atoms with Gasteiger partial charge in [0, 0.05) is 19.1 Å². The molecule has 0 aliphatic carbocycles. The van der Waals surface area contributed by atoms with E-state index in [-0.39, 0.29) is 11.2 Å². The molecule has 1 aromatic rings. The number of benzene rings is 1. The van der Waals surface area contributed by atoms with Crippen LogP contribution in [-0.4, -0.2) is 24.5 Å². The van der Waals surface area contributed by atoms with Gasteiger partial charge in [-0.15, -0.1) is 0 Å². The van der Waals surface area contributed by atoms with Gasteiger partial charge in [0.1, 0.15) is 5.82 Å². The highest BCUT2D eigenvalue weighted by Gasteiger charge is 2.21. The second kappa shape index (κ2) is 6.30. The molecule has 0 aliphatic rings. The van der Waals surface area contributed by atoms with Gasteiger partial charge in [0.15, 0.2) is 0 Å². The largest absolute Gasteiger partial charge is 0.329 e. The predicted molar refractivity (Wildman–Crippen MR) is 74.8 cm³/mol. The number of rotatable bonds is 5. The van der Waals surface area contributed by atoms with Crippen LogP contribution in [-0.2, 0) is 6.54 Å². The van der Waals surface area contributed by atoms with Gasteiger partial charge in [0.2, 0.25) is 0 Å². The molecule has 18 heavy (non-hydrogen) atoms. The Morgan fingerprint density at radius 1 is 1.33 bits per heavy atom. The molecule has 1 rings (SSSR count). The van der Waals surface area contributed by atoms with E-state index in [4.69, 9.17) is 5.73 Å². The summed E-state index contributed by atoms with van der Waals surface area (Å²) in [5, 5.41) is 0. The standard InChI is InChI=1S/C15H25FN2/c1-15(2,3)9-14(10-17)18(4)11-12-6-5-7-13(16)8-12/h5-8,14H,9-11,17H2,1-4H3. The van der Waals surface area contributed by atoms with Crippen molar-refractivity contribution in [3.8, 4) is 0 Å². The summed E-state index contributed by atoms with van der Waals surface area (Å²) in [6.45, 7) is 8.00. The van der Waals surface area contributed by atoms with E-state index in [0.717, 1.165) is 18.5 Å². The molecule has 0 fully saturated rings. The van der Waals surface area contributed by atoms with E-state index >= 15 is 0 Å². The first-order valence-corrected chi connectivity index (χ1v) is 6.46. The van der Waals surface area contributed by atoms with Crippen LogP contribution in [0.1, 0.15) is 32.8 Å². The molecular formula is C15H25FN2. The lowest BCUT2D eigenvalue weighted by Crippen LogP contribution is -2.40. The molecule has 0 radical (unpaired) electrons. The van der Waals surface area contributed by atoms with Crippen molar-refractivity contribution in [1.29, 1.82) is 0 Å². The fourth-order valence-corrected chi connectivity index (χ4v) is 2.18. The molecule has 0 aliphatic heterocycles. The Bertz CT molecular complexity index is 371. The zero-order chi connectivity index (χ0) is 13.8. The van der Waals surface area contributed by atoms with Crippen molar-refractivity contribution in [2.45, 2.75) is 39.8 Å². The Hall–Kier alpha value is -0.930. The average Bonchev–Trinajstić information content (AvgIpc) is 2.24. The maximum Gasteiger partial charge on any atom is 0.123 e. The highest BCUT2D eigenvalue weighted by molar-refractivity contribution is 5.16. The number of hydrogen-bond acceptors (Lipinski definition) is 2. The molecule has 2 N–H and O–H groups in total. The number of halogens is 1. The Morgan fingerprint density at radius 2 is 2.00 bits per heavy atom. The Kier molecular flexibility index (Phi) is 5.29. The minimum absolute atomic E-state index is 0.180. The molecular weight excluding hydrogens is 227 g/mol. The van der Waals surface area contributed by atoms with E-state index < -0.39 is 0 Å². The molecule has 0 saturated carbocycles. The van der Waals surface area contributed by atoms with Crippen LogP contribution in [0, 0.1) is 11.2 Å². The third kappa shape index (κ3) is 5.15. The maximum absolute atomic E-state index is 13.1. The second-order valence-electron chi connectivity index (χ2n) is 6.20. The fraction of sp³-hybridized carbons (Fsp3) is 0.600. The van der Waals surface area contributed by atoms with Gasteiger partial charge in [-0.25, -0.2) is 4.39 Å². The van der Waals surface area contributed by atoms with Crippen LogP contribution in [0.15, 0.2) is 24.3 Å². The molecule has 1 unspecified atom stereocenters. The third-order valence-corrected chi connectivity index (χ3v) is 3.06. The quantitative estimate of drug-likeness (QED) is 0.873. The van der Waals surface area contributed by atoms with E-state index in [0.29, 0.717) is 12.6 Å². The van der Waals surface area contributed by atoms with E-state index in [1.54, 1.807) is 12.1 Å². The summed E-state index contributed by atoms with van der Waals surface area (Å²) in [6, 6.07) is 7.08. The van der Waals surface area contributed by atoms with E-state index in [1.165, 1.54) is 6.07 Å². The Morgan fingerprint density at radius 3 is 2.50 bits per heavy atom. The fourth-order valence-electron chi connectivity index (χ4n) is 2.18. The summed E-state index contributed by atoms with van der Waals surface area (Å²) in [5.41, 5.74) is 7.09. The van der Waals surface area contributed by atoms with Crippen molar-refractivity contribution in [3.63, 3.8) is 0 Å². The van der Waals surface area contributed by atoms with Gasteiger partial charge >= 0.3 is 0 Å². The predicted octanol–water partition coefficient (Wildman–Crippen LogP) is 3.02. The maximum atomic E-state index is 13.1. The van der Waals surface area contributed by atoms with Gasteiger partial charge in [0.25, 0.3) is 0 Å². The number of hydrogen-bond donors (Lipinski definition) is 1. The molecule has 0 bridgehead atoms. The molecule has 102 valence electrons. The smallest absolute Gasteiger partial charge is 0.123 e. The van der Waals surface area contributed by atoms with Crippen molar-refractivity contribution >= 4 is 0 Å². The molecule has 2 nitrogen and oxygen atoms in total.